The Hall–Kier alpha value is -1.31. The quantitative estimate of drug-likeness (QED) is 0.800. The molecule has 2 rings (SSSR count). The maximum Gasteiger partial charge on any atom is 0.263 e. The van der Waals surface area contributed by atoms with E-state index in [1.807, 2.05) is 0 Å². The van der Waals surface area contributed by atoms with Crippen LogP contribution in [0.15, 0.2) is 45.8 Å². The minimum Gasteiger partial charge on any atom is -0.397 e. The summed E-state index contributed by atoms with van der Waals surface area (Å²) in [6, 6.07) is 7.75. The van der Waals surface area contributed by atoms with Gasteiger partial charge in [-0.3, -0.25) is 4.72 Å². The number of rotatable bonds is 3. The van der Waals surface area contributed by atoms with Crippen LogP contribution in [-0.2, 0) is 10.0 Å². The number of sulfonamides is 1. The fourth-order valence-electron chi connectivity index (χ4n) is 1.52. The predicted octanol–water partition coefficient (Wildman–Crippen LogP) is 3.62. The van der Waals surface area contributed by atoms with Crippen molar-refractivity contribution in [2.24, 2.45) is 0 Å². The third-order valence-corrected chi connectivity index (χ3v) is 4.78. The van der Waals surface area contributed by atoms with Crippen LogP contribution < -0.4 is 10.5 Å². The lowest BCUT2D eigenvalue weighted by molar-refractivity contribution is 0.601. The topological polar surface area (TPSA) is 72.2 Å². The van der Waals surface area contributed by atoms with Crippen LogP contribution in [0.5, 0.6) is 0 Å². The van der Waals surface area contributed by atoms with Crippen LogP contribution in [-0.4, -0.2) is 8.42 Å². The van der Waals surface area contributed by atoms with Crippen molar-refractivity contribution in [3.63, 3.8) is 0 Å². The van der Waals surface area contributed by atoms with Crippen LogP contribution in [0, 0.1) is 5.82 Å². The van der Waals surface area contributed by atoms with Gasteiger partial charge in [0.15, 0.2) is 0 Å². The normalized spacial score (nSPS) is 11.3. The molecule has 0 fully saturated rings. The maximum absolute atomic E-state index is 12.9. The molecule has 0 amide bonds. The summed E-state index contributed by atoms with van der Waals surface area (Å²) in [7, 11) is -3.90. The number of nitrogens with two attached hydrogens (primary N) is 1. The molecule has 0 heterocycles. The number of nitrogens with one attached hydrogen (secondary N) is 1. The Kier molecular flexibility index (Phi) is 4.22. The van der Waals surface area contributed by atoms with E-state index in [1.165, 1.54) is 18.2 Å². The molecule has 0 saturated heterocycles. The van der Waals surface area contributed by atoms with E-state index in [0.29, 0.717) is 4.47 Å². The van der Waals surface area contributed by atoms with Gasteiger partial charge in [-0.2, -0.15) is 0 Å². The molecule has 20 heavy (non-hydrogen) atoms. The SMILES string of the molecule is Nc1cc(F)ccc1NS(=O)(=O)c1ccc(Br)cc1Cl. The molecule has 2 aromatic carbocycles. The molecular formula is C12H9BrClFN2O2S. The summed E-state index contributed by atoms with van der Waals surface area (Å²) in [6.07, 6.45) is 0. The van der Waals surface area contributed by atoms with Crippen LogP contribution in [0.3, 0.4) is 0 Å². The summed E-state index contributed by atoms with van der Waals surface area (Å²) in [5.41, 5.74) is 5.64. The molecular weight excluding hydrogens is 371 g/mol. The summed E-state index contributed by atoms with van der Waals surface area (Å²) >= 11 is 9.09. The van der Waals surface area contributed by atoms with Gasteiger partial charge in [-0.05, 0) is 36.4 Å². The molecule has 0 radical (unpaired) electrons. The Morgan fingerprint density at radius 3 is 2.50 bits per heavy atom. The van der Waals surface area contributed by atoms with Gasteiger partial charge >= 0.3 is 0 Å². The second kappa shape index (κ2) is 5.59. The third-order valence-electron chi connectivity index (χ3n) is 2.44. The van der Waals surface area contributed by atoms with E-state index in [-0.39, 0.29) is 21.3 Å². The molecule has 0 spiro atoms. The lowest BCUT2D eigenvalue weighted by atomic mass is 10.3. The average molecular weight is 380 g/mol. The monoisotopic (exact) mass is 378 g/mol. The minimum atomic E-state index is -3.90. The van der Waals surface area contributed by atoms with E-state index in [1.54, 1.807) is 6.07 Å². The van der Waals surface area contributed by atoms with Crippen molar-refractivity contribution < 1.29 is 12.8 Å². The van der Waals surface area contributed by atoms with Gasteiger partial charge in [0, 0.05) is 4.47 Å². The first-order valence-electron chi connectivity index (χ1n) is 5.32. The molecule has 0 aliphatic heterocycles. The van der Waals surface area contributed by atoms with Crippen LogP contribution in [0.2, 0.25) is 5.02 Å². The number of benzene rings is 2. The number of halogens is 3. The number of nitrogen functional groups attached to an aromatic ring is 1. The van der Waals surface area contributed by atoms with E-state index in [9.17, 15) is 12.8 Å². The van der Waals surface area contributed by atoms with Crippen LogP contribution in [0.1, 0.15) is 0 Å². The first kappa shape index (κ1) is 15.1. The molecule has 106 valence electrons. The molecule has 0 aliphatic rings. The lowest BCUT2D eigenvalue weighted by Crippen LogP contribution is -2.14. The summed E-state index contributed by atoms with van der Waals surface area (Å²) in [6.45, 7) is 0. The van der Waals surface area contributed by atoms with E-state index in [2.05, 4.69) is 20.7 Å². The van der Waals surface area contributed by atoms with Gasteiger partial charge in [0.05, 0.1) is 16.4 Å². The molecule has 4 nitrogen and oxygen atoms in total. The van der Waals surface area contributed by atoms with Crippen molar-refractivity contribution in [2.75, 3.05) is 10.5 Å². The highest BCUT2D eigenvalue weighted by Crippen LogP contribution is 2.28. The van der Waals surface area contributed by atoms with Crippen LogP contribution in [0.4, 0.5) is 15.8 Å². The van der Waals surface area contributed by atoms with Gasteiger partial charge in [0.2, 0.25) is 0 Å². The average Bonchev–Trinajstić information content (AvgIpc) is 2.32. The highest BCUT2D eigenvalue weighted by molar-refractivity contribution is 9.10. The Morgan fingerprint density at radius 1 is 1.20 bits per heavy atom. The van der Waals surface area contributed by atoms with Crippen molar-refractivity contribution in [1.82, 2.24) is 0 Å². The molecule has 0 aromatic heterocycles. The molecule has 0 bridgehead atoms. The van der Waals surface area contributed by atoms with Crippen molar-refractivity contribution >= 4 is 48.9 Å². The third kappa shape index (κ3) is 3.23. The second-order valence-corrected chi connectivity index (χ2v) is 6.89. The fourth-order valence-corrected chi connectivity index (χ4v) is 3.65. The molecule has 8 heteroatoms. The molecule has 2 aromatic rings. The van der Waals surface area contributed by atoms with Crippen molar-refractivity contribution in [1.29, 1.82) is 0 Å². The highest BCUT2D eigenvalue weighted by atomic mass is 79.9. The number of anilines is 2. The molecule has 0 unspecified atom stereocenters. The Balaban J connectivity index is 2.41. The Morgan fingerprint density at radius 2 is 1.90 bits per heavy atom. The zero-order valence-electron chi connectivity index (χ0n) is 9.90. The van der Waals surface area contributed by atoms with E-state index >= 15 is 0 Å². The van der Waals surface area contributed by atoms with Gasteiger partial charge < -0.3 is 5.73 Å². The zero-order chi connectivity index (χ0) is 14.9. The number of hydrogen-bond acceptors (Lipinski definition) is 3. The van der Waals surface area contributed by atoms with Gasteiger partial charge in [-0.1, -0.05) is 27.5 Å². The van der Waals surface area contributed by atoms with Gasteiger partial charge in [0.1, 0.15) is 10.7 Å². The zero-order valence-corrected chi connectivity index (χ0v) is 13.1. The summed E-state index contributed by atoms with van der Waals surface area (Å²) < 4.78 is 40.3. The fraction of sp³-hybridized carbons (Fsp3) is 0. The first-order chi connectivity index (χ1) is 9.29. The number of hydrogen-bond donors (Lipinski definition) is 2. The van der Waals surface area contributed by atoms with E-state index < -0.39 is 15.8 Å². The first-order valence-corrected chi connectivity index (χ1v) is 7.98. The molecule has 0 atom stereocenters. The minimum absolute atomic E-state index is 0.0122. The molecule has 3 N–H and O–H groups in total. The Bertz CT molecular complexity index is 768. The summed E-state index contributed by atoms with van der Waals surface area (Å²) in [5, 5.41) is 0.0626. The van der Waals surface area contributed by atoms with Gasteiger partial charge in [0.25, 0.3) is 10.0 Å². The smallest absolute Gasteiger partial charge is 0.263 e. The van der Waals surface area contributed by atoms with Gasteiger partial charge in [-0.15, -0.1) is 0 Å². The molecule has 0 saturated carbocycles. The Labute approximate surface area is 128 Å². The van der Waals surface area contributed by atoms with E-state index in [0.717, 1.165) is 12.1 Å². The van der Waals surface area contributed by atoms with Gasteiger partial charge in [-0.25, -0.2) is 12.8 Å². The second-order valence-electron chi connectivity index (χ2n) is 3.91. The predicted molar refractivity (Wildman–Crippen MR) is 80.8 cm³/mol. The maximum atomic E-state index is 12.9. The summed E-state index contributed by atoms with van der Waals surface area (Å²) in [5.74, 6) is -0.549. The van der Waals surface area contributed by atoms with Crippen molar-refractivity contribution in [3.05, 3.63) is 51.7 Å². The lowest BCUT2D eigenvalue weighted by Gasteiger charge is -2.11. The van der Waals surface area contributed by atoms with Crippen LogP contribution in [0.25, 0.3) is 0 Å². The van der Waals surface area contributed by atoms with Crippen molar-refractivity contribution in [3.8, 4) is 0 Å². The largest absolute Gasteiger partial charge is 0.397 e. The summed E-state index contributed by atoms with van der Waals surface area (Å²) in [4.78, 5) is -0.0916. The van der Waals surface area contributed by atoms with Crippen LogP contribution >= 0.6 is 27.5 Å². The highest BCUT2D eigenvalue weighted by Gasteiger charge is 2.19. The van der Waals surface area contributed by atoms with Crippen molar-refractivity contribution in [2.45, 2.75) is 4.90 Å². The molecule has 0 aliphatic carbocycles. The van der Waals surface area contributed by atoms with E-state index in [4.69, 9.17) is 17.3 Å². The standard InChI is InChI=1S/C12H9BrClFN2O2S/c13-7-1-4-12(9(14)5-7)20(18,19)17-11-3-2-8(15)6-10(11)16/h1-6,17H,16H2.